The number of aliphatic carboxylic acids is 1. The van der Waals surface area contributed by atoms with Crippen LogP contribution in [-0.4, -0.2) is 50.1 Å². The summed E-state index contributed by atoms with van der Waals surface area (Å²) >= 11 is 0. The van der Waals surface area contributed by atoms with Crippen molar-refractivity contribution < 1.29 is 19.4 Å². The normalized spacial score (nSPS) is 15.9. The Morgan fingerprint density at radius 2 is 1.97 bits per heavy atom. The highest BCUT2D eigenvalue weighted by atomic mass is 16.5. The van der Waals surface area contributed by atoms with Gasteiger partial charge in [0.25, 0.3) is 0 Å². The van der Waals surface area contributed by atoms with E-state index in [1.807, 2.05) is 31.2 Å². The van der Waals surface area contributed by atoms with Gasteiger partial charge in [0.05, 0.1) is 23.0 Å². The minimum Gasteiger partial charge on any atom is -0.479 e. The molecule has 7 nitrogen and oxygen atoms in total. The molecule has 0 aliphatic carbocycles. The van der Waals surface area contributed by atoms with E-state index in [1.54, 1.807) is 12.1 Å². The van der Waals surface area contributed by atoms with E-state index < -0.39 is 12.1 Å². The second kappa shape index (κ2) is 11.7. The third-order valence-corrected chi connectivity index (χ3v) is 6.20. The molecule has 2 N–H and O–H groups in total. The molecule has 1 aliphatic heterocycles. The van der Waals surface area contributed by atoms with Crippen LogP contribution in [0.15, 0.2) is 42.5 Å². The van der Waals surface area contributed by atoms with Gasteiger partial charge in [-0.1, -0.05) is 19.9 Å². The maximum absolute atomic E-state index is 11.7. The Hall–Kier alpha value is -3.08. The van der Waals surface area contributed by atoms with Gasteiger partial charge in [-0.05, 0) is 61.2 Å². The molecule has 0 spiro atoms. The molecule has 1 fully saturated rings. The van der Waals surface area contributed by atoms with Crippen molar-refractivity contribution in [3.63, 3.8) is 0 Å². The molecule has 176 valence electrons. The van der Waals surface area contributed by atoms with Crippen LogP contribution in [-0.2, 0) is 14.3 Å². The summed E-state index contributed by atoms with van der Waals surface area (Å²) in [5.41, 5.74) is 4.33. The number of carboxylic acid groups (broad SMARTS) is 1. The van der Waals surface area contributed by atoms with Crippen LogP contribution >= 0.6 is 0 Å². The van der Waals surface area contributed by atoms with Crippen molar-refractivity contribution in [1.29, 1.82) is 5.26 Å². The second-order valence-corrected chi connectivity index (χ2v) is 8.41. The van der Waals surface area contributed by atoms with E-state index in [4.69, 9.17) is 14.7 Å². The van der Waals surface area contributed by atoms with Gasteiger partial charge in [0.1, 0.15) is 0 Å². The minimum atomic E-state index is -0.981. The Morgan fingerprint density at radius 3 is 2.55 bits per heavy atom. The number of methoxy groups -OCH3 is 1. The van der Waals surface area contributed by atoms with Crippen LogP contribution in [0.25, 0.3) is 0 Å². The third-order valence-electron chi connectivity index (χ3n) is 6.20. The summed E-state index contributed by atoms with van der Waals surface area (Å²) in [6.07, 6.45) is 2.02. The Kier molecular flexibility index (Phi) is 8.70. The first-order chi connectivity index (χ1) is 16.0. The lowest BCUT2D eigenvalue weighted by Gasteiger charge is -2.37. The average Bonchev–Trinajstić information content (AvgIpc) is 2.84. The van der Waals surface area contributed by atoms with E-state index in [9.17, 15) is 9.90 Å². The Labute approximate surface area is 195 Å². The van der Waals surface area contributed by atoms with Gasteiger partial charge in [0, 0.05) is 44.5 Å². The first kappa shape index (κ1) is 24.6. The monoisotopic (exact) mass is 451 g/mol. The molecule has 0 radical (unpaired) electrons. The summed E-state index contributed by atoms with van der Waals surface area (Å²) in [7, 11) is 1.42. The maximum Gasteiger partial charge on any atom is 0.333 e. The predicted octanol–water partition coefficient (Wildman–Crippen LogP) is 4.90. The number of nitrogens with one attached hydrogen (secondary N) is 1. The molecule has 0 saturated carbocycles. The fraction of sp³-hybridized carbons (Fsp3) is 0.462. The maximum atomic E-state index is 11.7. The molecule has 0 aromatic heterocycles. The topological polar surface area (TPSA) is 94.8 Å². The van der Waals surface area contributed by atoms with Crippen LogP contribution in [0.2, 0.25) is 0 Å². The zero-order valence-corrected chi connectivity index (χ0v) is 19.6. The Bertz CT molecular complexity index is 964. The van der Waals surface area contributed by atoms with E-state index in [2.05, 4.69) is 29.3 Å². The molecule has 7 heteroatoms. The average molecular weight is 452 g/mol. The highest BCUT2D eigenvalue weighted by molar-refractivity contribution is 5.78. The fourth-order valence-electron chi connectivity index (χ4n) is 4.40. The fourth-order valence-corrected chi connectivity index (χ4v) is 4.40. The molecular weight excluding hydrogens is 418 g/mol. The largest absolute Gasteiger partial charge is 0.479 e. The smallest absolute Gasteiger partial charge is 0.333 e. The number of hydrogen-bond donors (Lipinski definition) is 2. The summed E-state index contributed by atoms with van der Waals surface area (Å²) < 4.78 is 10.8. The summed E-state index contributed by atoms with van der Waals surface area (Å²) in [6, 6.07) is 16.0. The van der Waals surface area contributed by atoms with Gasteiger partial charge < -0.3 is 24.8 Å². The third kappa shape index (κ3) is 6.04. The van der Waals surface area contributed by atoms with Crippen LogP contribution < -0.4 is 10.2 Å². The van der Waals surface area contributed by atoms with Crippen LogP contribution in [0.1, 0.15) is 50.2 Å². The number of hydrogen-bond acceptors (Lipinski definition) is 6. The quantitative estimate of drug-likeness (QED) is 0.530. The highest BCUT2D eigenvalue weighted by Crippen LogP contribution is 2.36. The van der Waals surface area contributed by atoms with E-state index >= 15 is 0 Å². The summed E-state index contributed by atoms with van der Waals surface area (Å²) in [4.78, 5) is 14.1. The van der Waals surface area contributed by atoms with Gasteiger partial charge in [-0.15, -0.1) is 0 Å². The Morgan fingerprint density at radius 1 is 1.27 bits per heavy atom. The predicted molar refractivity (Wildman–Crippen MR) is 129 cm³/mol. The molecule has 1 heterocycles. The van der Waals surface area contributed by atoms with Gasteiger partial charge in [-0.3, -0.25) is 0 Å². The number of carbonyl (C=O) groups is 1. The van der Waals surface area contributed by atoms with Crippen LogP contribution in [0, 0.1) is 11.3 Å². The SMILES string of the molecule is CCCN(c1ccc(C(C)C(OC)C(=O)O)cc1Nc1ccc(C#N)cc1)C1CCOCC1. The first-order valence-corrected chi connectivity index (χ1v) is 11.5. The lowest BCUT2D eigenvalue weighted by Crippen LogP contribution is -2.40. The van der Waals surface area contributed by atoms with Crippen molar-refractivity contribution in [3.05, 3.63) is 53.6 Å². The molecule has 1 aliphatic rings. The lowest BCUT2D eigenvalue weighted by molar-refractivity contribution is -0.149. The summed E-state index contributed by atoms with van der Waals surface area (Å²) in [5.74, 6) is -1.31. The number of nitriles is 1. The van der Waals surface area contributed by atoms with Crippen molar-refractivity contribution in [2.75, 3.05) is 37.1 Å². The number of rotatable bonds is 10. The molecule has 2 unspecified atom stereocenters. The molecule has 2 aromatic carbocycles. The van der Waals surface area contributed by atoms with E-state index in [0.29, 0.717) is 11.6 Å². The van der Waals surface area contributed by atoms with Crippen molar-refractivity contribution >= 4 is 23.0 Å². The standard InChI is InChI=1S/C26H33N3O4/c1-4-13-29(22-11-14-33-15-12-22)24-10-7-20(18(2)25(32-3)26(30)31)16-23(24)28-21-8-5-19(17-27)6-9-21/h5-10,16,18,22,25,28H,4,11-15H2,1-3H3,(H,30,31). The molecular formula is C26H33N3O4. The minimum absolute atomic E-state index is 0.328. The van der Waals surface area contributed by atoms with Gasteiger partial charge in [0.2, 0.25) is 0 Å². The first-order valence-electron chi connectivity index (χ1n) is 11.5. The summed E-state index contributed by atoms with van der Waals surface area (Å²) in [5, 5.41) is 22.2. The number of carboxylic acids is 1. The second-order valence-electron chi connectivity index (χ2n) is 8.41. The summed E-state index contributed by atoms with van der Waals surface area (Å²) in [6.45, 7) is 6.47. The van der Waals surface area contributed by atoms with Gasteiger partial charge in [0.15, 0.2) is 6.10 Å². The molecule has 1 saturated heterocycles. The van der Waals surface area contributed by atoms with Crippen molar-refractivity contribution in [3.8, 4) is 6.07 Å². The molecule has 2 aromatic rings. The number of nitrogens with zero attached hydrogens (tertiary/aromatic N) is 2. The molecule has 0 bridgehead atoms. The van der Waals surface area contributed by atoms with Gasteiger partial charge in [-0.25, -0.2) is 4.79 Å². The number of benzene rings is 2. The van der Waals surface area contributed by atoms with Gasteiger partial charge in [-0.2, -0.15) is 5.26 Å². The zero-order chi connectivity index (χ0) is 23.8. The van der Waals surface area contributed by atoms with Crippen LogP contribution in [0.4, 0.5) is 17.1 Å². The van der Waals surface area contributed by atoms with Crippen molar-refractivity contribution in [2.24, 2.45) is 0 Å². The Balaban J connectivity index is 2.02. The zero-order valence-electron chi connectivity index (χ0n) is 19.6. The molecule has 2 atom stereocenters. The van der Waals surface area contributed by atoms with Crippen molar-refractivity contribution in [2.45, 2.75) is 51.2 Å². The van der Waals surface area contributed by atoms with E-state index in [1.165, 1.54) is 7.11 Å². The van der Waals surface area contributed by atoms with Gasteiger partial charge >= 0.3 is 5.97 Å². The van der Waals surface area contributed by atoms with Crippen LogP contribution in [0.3, 0.4) is 0 Å². The van der Waals surface area contributed by atoms with Crippen LogP contribution in [0.5, 0.6) is 0 Å². The lowest BCUT2D eigenvalue weighted by atomic mass is 9.93. The molecule has 3 rings (SSSR count). The molecule has 0 amide bonds. The highest BCUT2D eigenvalue weighted by Gasteiger charge is 2.28. The van der Waals surface area contributed by atoms with E-state index in [-0.39, 0.29) is 5.92 Å². The van der Waals surface area contributed by atoms with Crippen molar-refractivity contribution in [1.82, 2.24) is 0 Å². The number of anilines is 3. The molecule has 33 heavy (non-hydrogen) atoms. The van der Waals surface area contributed by atoms with E-state index in [0.717, 1.165) is 61.6 Å². The number of ether oxygens (including phenoxy) is 2.